The molecule has 24 heavy (non-hydrogen) atoms. The van der Waals surface area contributed by atoms with Crippen LogP contribution in [-0.2, 0) is 9.47 Å². The summed E-state index contributed by atoms with van der Waals surface area (Å²) in [5.74, 6) is 0.859. The van der Waals surface area contributed by atoms with Crippen LogP contribution in [0.3, 0.4) is 0 Å². The second kappa shape index (κ2) is 5.92. The molecule has 6 nitrogen and oxygen atoms in total. The lowest BCUT2D eigenvalue weighted by Crippen LogP contribution is -2.34. The van der Waals surface area contributed by atoms with Gasteiger partial charge in [-0.3, -0.25) is 4.99 Å². The average molecular weight is 333 g/mol. The molecule has 0 aromatic rings. The molecule has 1 saturated carbocycles. The topological polar surface area (TPSA) is 89.4 Å². The van der Waals surface area contributed by atoms with Crippen LogP contribution in [0.15, 0.2) is 33.9 Å². The van der Waals surface area contributed by atoms with Crippen LogP contribution in [0.25, 0.3) is 0 Å². The molecule has 0 saturated heterocycles. The van der Waals surface area contributed by atoms with Gasteiger partial charge in [0.05, 0.1) is 23.6 Å². The molecule has 3 aliphatic rings. The van der Waals surface area contributed by atoms with Crippen molar-refractivity contribution in [3.63, 3.8) is 0 Å². The molecule has 0 radical (unpaired) electrons. The highest BCUT2D eigenvalue weighted by Crippen LogP contribution is 2.31. The lowest BCUT2D eigenvalue weighted by molar-refractivity contribution is 0.0962. The fraction of sp³-hybridized carbons (Fsp3) is 0.667. The number of hydrogen-bond acceptors (Lipinski definition) is 6. The van der Waals surface area contributed by atoms with E-state index in [1.54, 1.807) is 6.08 Å². The third-order valence-electron chi connectivity index (χ3n) is 4.74. The molecule has 1 fully saturated rings. The predicted molar refractivity (Wildman–Crippen MR) is 93.8 cm³/mol. The summed E-state index contributed by atoms with van der Waals surface area (Å²) < 4.78 is 11.5. The summed E-state index contributed by atoms with van der Waals surface area (Å²) in [5, 5.41) is 10.2. The van der Waals surface area contributed by atoms with Crippen molar-refractivity contribution in [2.24, 2.45) is 15.7 Å². The molecule has 2 aliphatic heterocycles. The fourth-order valence-corrected chi connectivity index (χ4v) is 3.27. The van der Waals surface area contributed by atoms with E-state index in [-0.39, 0.29) is 12.1 Å². The summed E-state index contributed by atoms with van der Waals surface area (Å²) in [6, 6.07) is -0.0540. The van der Waals surface area contributed by atoms with Crippen molar-refractivity contribution in [2.75, 3.05) is 0 Å². The molecule has 132 valence electrons. The van der Waals surface area contributed by atoms with Gasteiger partial charge in [-0.2, -0.15) is 0 Å². The zero-order chi connectivity index (χ0) is 17.5. The Morgan fingerprint density at radius 2 is 1.71 bits per heavy atom. The molecule has 0 bridgehead atoms. The molecule has 2 heterocycles. The molecule has 3 N–H and O–H groups in total. The van der Waals surface area contributed by atoms with Crippen molar-refractivity contribution >= 4 is 11.4 Å². The Kier molecular flexibility index (Phi) is 4.20. The van der Waals surface area contributed by atoms with Gasteiger partial charge in [-0.05, 0) is 40.5 Å². The molecule has 0 aromatic carbocycles. The minimum absolute atomic E-state index is 0.0540. The van der Waals surface area contributed by atoms with E-state index in [1.165, 1.54) is 0 Å². The largest absolute Gasteiger partial charge is 0.467 e. The van der Waals surface area contributed by atoms with Gasteiger partial charge in [0.25, 0.3) is 0 Å². The van der Waals surface area contributed by atoms with Gasteiger partial charge in [0, 0.05) is 12.2 Å². The van der Waals surface area contributed by atoms with E-state index >= 15 is 0 Å². The lowest BCUT2D eigenvalue weighted by atomic mass is 9.92. The van der Waals surface area contributed by atoms with Gasteiger partial charge < -0.3 is 20.3 Å². The molecule has 1 aliphatic carbocycles. The number of aliphatic imine (C=N–C) groups is 2. The Balaban J connectivity index is 1.86. The summed E-state index contributed by atoms with van der Waals surface area (Å²) in [5.41, 5.74) is 6.15. The summed E-state index contributed by atoms with van der Waals surface area (Å²) in [4.78, 5) is 9.34. The van der Waals surface area contributed by atoms with Gasteiger partial charge >= 0.3 is 0 Å². The molecular weight excluding hydrogens is 306 g/mol. The molecule has 6 heteroatoms. The van der Waals surface area contributed by atoms with Gasteiger partial charge in [-0.1, -0.05) is 12.8 Å². The predicted octanol–water partition coefficient (Wildman–Crippen LogP) is 2.43. The van der Waals surface area contributed by atoms with E-state index in [0.29, 0.717) is 11.8 Å². The molecule has 0 amide bonds. The average Bonchev–Trinajstić information content (AvgIpc) is 2.88. The summed E-state index contributed by atoms with van der Waals surface area (Å²) >= 11 is 0. The van der Waals surface area contributed by atoms with Crippen LogP contribution in [0, 0.1) is 0 Å². The maximum atomic E-state index is 10.2. The Morgan fingerprint density at radius 1 is 1.04 bits per heavy atom. The number of hydrogen-bond donors (Lipinski definition) is 2. The van der Waals surface area contributed by atoms with E-state index in [2.05, 4.69) is 4.99 Å². The van der Waals surface area contributed by atoms with E-state index < -0.39 is 11.2 Å². The summed E-state index contributed by atoms with van der Waals surface area (Å²) in [6.45, 7) is 7.75. The van der Waals surface area contributed by atoms with Gasteiger partial charge in [0.2, 0.25) is 5.88 Å². The minimum atomic E-state index is -0.572. The second-order valence-corrected chi connectivity index (χ2v) is 7.68. The van der Waals surface area contributed by atoms with Crippen LogP contribution in [0.5, 0.6) is 0 Å². The SMILES string of the molecule is CC1(C)OC(/N=C2\C=C(N)OC2(C)C)=CC1=NC1CCCCC1O. The first-order valence-corrected chi connectivity index (χ1v) is 8.60. The van der Waals surface area contributed by atoms with E-state index in [9.17, 15) is 5.11 Å². The van der Waals surface area contributed by atoms with Gasteiger partial charge in [-0.15, -0.1) is 0 Å². The highest BCUT2D eigenvalue weighted by atomic mass is 16.5. The molecule has 3 rings (SSSR count). The van der Waals surface area contributed by atoms with Crippen molar-refractivity contribution in [3.05, 3.63) is 23.9 Å². The first-order chi connectivity index (χ1) is 11.2. The Bertz CT molecular complexity index is 644. The normalized spacial score (nSPS) is 34.7. The zero-order valence-electron chi connectivity index (χ0n) is 14.9. The van der Waals surface area contributed by atoms with Crippen LogP contribution in [-0.4, -0.2) is 39.9 Å². The third kappa shape index (κ3) is 3.34. The molecule has 0 spiro atoms. The number of nitrogens with two attached hydrogens (primary N) is 1. The van der Waals surface area contributed by atoms with E-state index in [0.717, 1.165) is 37.1 Å². The Morgan fingerprint density at radius 3 is 2.33 bits per heavy atom. The Hall–Kier alpha value is -1.82. The third-order valence-corrected chi connectivity index (χ3v) is 4.74. The van der Waals surface area contributed by atoms with Crippen molar-refractivity contribution in [1.29, 1.82) is 0 Å². The van der Waals surface area contributed by atoms with Crippen molar-refractivity contribution < 1.29 is 14.6 Å². The van der Waals surface area contributed by atoms with Crippen molar-refractivity contribution in [3.8, 4) is 0 Å². The molecule has 0 aromatic heterocycles. The maximum absolute atomic E-state index is 10.2. The quantitative estimate of drug-likeness (QED) is 0.812. The first kappa shape index (κ1) is 17.0. The number of aliphatic hydroxyl groups is 1. The second-order valence-electron chi connectivity index (χ2n) is 7.68. The molecular formula is C18H27N3O3. The number of nitrogens with zero attached hydrogens (tertiary/aromatic N) is 2. The number of aliphatic hydroxyl groups excluding tert-OH is 1. The van der Waals surface area contributed by atoms with Crippen LogP contribution in [0.4, 0.5) is 0 Å². The summed E-state index contributed by atoms with van der Waals surface area (Å²) in [7, 11) is 0. The monoisotopic (exact) mass is 333 g/mol. The maximum Gasteiger partial charge on any atom is 0.216 e. The highest BCUT2D eigenvalue weighted by molar-refractivity contribution is 6.06. The van der Waals surface area contributed by atoms with Crippen LogP contribution < -0.4 is 5.73 Å². The smallest absolute Gasteiger partial charge is 0.216 e. The lowest BCUT2D eigenvalue weighted by Gasteiger charge is -2.27. The molecule has 2 atom stereocenters. The zero-order valence-corrected chi connectivity index (χ0v) is 14.9. The standard InChI is InChI=1S/C18H27N3O3/c1-17(2)13(9-15(19)23-17)21-16-10-14(18(3,4)24-16)20-11-7-5-6-8-12(11)22/h9-12,22H,5-8,19H2,1-4H3/b20-14?,21-13+. The van der Waals surface area contributed by atoms with E-state index in [1.807, 2.05) is 33.8 Å². The van der Waals surface area contributed by atoms with Gasteiger partial charge in [0.15, 0.2) is 5.88 Å². The highest BCUT2D eigenvalue weighted by Gasteiger charge is 2.37. The summed E-state index contributed by atoms with van der Waals surface area (Å²) in [6.07, 6.45) is 7.12. The van der Waals surface area contributed by atoms with Crippen LogP contribution in [0.1, 0.15) is 53.4 Å². The van der Waals surface area contributed by atoms with E-state index in [4.69, 9.17) is 20.2 Å². The first-order valence-electron chi connectivity index (χ1n) is 8.60. The fourth-order valence-electron chi connectivity index (χ4n) is 3.27. The minimum Gasteiger partial charge on any atom is -0.467 e. The number of rotatable bonds is 2. The molecule has 2 unspecified atom stereocenters. The van der Waals surface area contributed by atoms with Crippen molar-refractivity contribution in [2.45, 2.75) is 76.7 Å². The van der Waals surface area contributed by atoms with Crippen molar-refractivity contribution in [1.82, 2.24) is 0 Å². The van der Waals surface area contributed by atoms with Crippen LogP contribution in [0.2, 0.25) is 0 Å². The Labute approximate surface area is 143 Å². The van der Waals surface area contributed by atoms with Crippen LogP contribution >= 0.6 is 0 Å². The van der Waals surface area contributed by atoms with Gasteiger partial charge in [0.1, 0.15) is 11.2 Å². The van der Waals surface area contributed by atoms with Gasteiger partial charge in [-0.25, -0.2) is 4.99 Å². The number of ether oxygens (including phenoxy) is 2.